The molecular weight excluding hydrogens is 217 g/mol. The second-order valence-electron chi connectivity index (χ2n) is 3.56. The highest BCUT2D eigenvalue weighted by molar-refractivity contribution is 6.04. The minimum Gasteiger partial charge on any atom is -0.479 e. The maximum absolute atomic E-state index is 12.5. The summed E-state index contributed by atoms with van der Waals surface area (Å²) >= 11 is 0. The third-order valence-electron chi connectivity index (χ3n) is 2.66. The van der Waals surface area contributed by atoms with E-state index in [0.717, 1.165) is 6.92 Å². The van der Waals surface area contributed by atoms with Crippen LogP contribution in [-0.2, 0) is 14.3 Å². The molecule has 3 atom stereocenters. The Labute approximate surface area is 83.0 Å². The summed E-state index contributed by atoms with van der Waals surface area (Å²) in [5, 5.41) is 8.49. The topological polar surface area (TPSA) is 63.6 Å². The number of carbonyl (C=O) groups excluding carboxylic acids is 1. The monoisotopic (exact) mass is 226 g/mol. The molecule has 0 bridgehead atoms. The quantitative estimate of drug-likeness (QED) is 0.677. The Morgan fingerprint density at radius 3 is 2.20 bits per heavy atom. The summed E-state index contributed by atoms with van der Waals surface area (Å²) in [5.74, 6) is -4.26. The van der Waals surface area contributed by atoms with E-state index in [9.17, 15) is 22.8 Å². The van der Waals surface area contributed by atoms with Crippen LogP contribution < -0.4 is 0 Å². The molecule has 1 rings (SSSR count). The first-order chi connectivity index (χ1) is 6.61. The molecule has 1 heterocycles. The van der Waals surface area contributed by atoms with Crippen molar-refractivity contribution in [1.82, 2.24) is 0 Å². The van der Waals surface area contributed by atoms with Crippen molar-refractivity contribution in [3.05, 3.63) is 0 Å². The van der Waals surface area contributed by atoms with Gasteiger partial charge in [0.2, 0.25) is 6.10 Å². The van der Waals surface area contributed by atoms with E-state index >= 15 is 0 Å². The van der Waals surface area contributed by atoms with Crippen LogP contribution in [0.1, 0.15) is 13.8 Å². The van der Waals surface area contributed by atoms with Gasteiger partial charge in [0.25, 0.3) is 0 Å². The summed E-state index contributed by atoms with van der Waals surface area (Å²) < 4.78 is 41.9. The molecule has 4 nitrogen and oxygen atoms in total. The van der Waals surface area contributed by atoms with Crippen LogP contribution in [0.5, 0.6) is 0 Å². The number of Topliss-reactive ketones (excluding diaryl/α,β-unsaturated/α-hetero) is 1. The molecule has 86 valence electrons. The number of alkyl halides is 3. The molecule has 0 aromatic heterocycles. The fourth-order valence-corrected chi connectivity index (χ4v) is 1.39. The van der Waals surface area contributed by atoms with Gasteiger partial charge >= 0.3 is 12.1 Å². The van der Waals surface area contributed by atoms with Gasteiger partial charge in [0.15, 0.2) is 11.4 Å². The Morgan fingerprint density at radius 1 is 1.53 bits per heavy atom. The van der Waals surface area contributed by atoms with E-state index in [1.807, 2.05) is 0 Å². The average molecular weight is 226 g/mol. The van der Waals surface area contributed by atoms with Gasteiger partial charge in [-0.2, -0.15) is 13.2 Å². The molecule has 0 amide bonds. The lowest BCUT2D eigenvalue weighted by Gasteiger charge is -2.29. The highest BCUT2D eigenvalue weighted by Gasteiger charge is 2.65. The zero-order chi connectivity index (χ0) is 12.0. The Hall–Kier alpha value is -1.11. The van der Waals surface area contributed by atoms with Crippen molar-refractivity contribution in [2.24, 2.45) is 5.92 Å². The van der Waals surface area contributed by atoms with Gasteiger partial charge < -0.3 is 9.84 Å². The summed E-state index contributed by atoms with van der Waals surface area (Å²) in [6, 6.07) is 0. The Morgan fingerprint density at radius 2 is 2.00 bits per heavy atom. The summed E-state index contributed by atoms with van der Waals surface area (Å²) in [5.41, 5.74) is -2.72. The maximum Gasteiger partial charge on any atom is 0.417 e. The second-order valence-corrected chi connectivity index (χ2v) is 3.56. The summed E-state index contributed by atoms with van der Waals surface area (Å²) in [4.78, 5) is 21.7. The van der Waals surface area contributed by atoms with Gasteiger partial charge in [-0.3, -0.25) is 4.79 Å². The van der Waals surface area contributed by atoms with Crippen LogP contribution in [0.25, 0.3) is 0 Å². The Bertz CT molecular complexity index is 311. The lowest BCUT2D eigenvalue weighted by Crippen LogP contribution is -2.47. The van der Waals surface area contributed by atoms with Crippen molar-refractivity contribution >= 4 is 11.8 Å². The molecule has 3 unspecified atom stereocenters. The largest absolute Gasteiger partial charge is 0.479 e. The van der Waals surface area contributed by atoms with E-state index in [2.05, 4.69) is 4.74 Å². The Balaban J connectivity index is 3.08. The van der Waals surface area contributed by atoms with Gasteiger partial charge in [-0.15, -0.1) is 0 Å². The number of rotatable bonds is 1. The minimum absolute atomic E-state index is 0.679. The van der Waals surface area contributed by atoms with E-state index in [4.69, 9.17) is 5.11 Å². The van der Waals surface area contributed by atoms with E-state index in [1.54, 1.807) is 0 Å². The van der Waals surface area contributed by atoms with Crippen molar-refractivity contribution < 1.29 is 32.6 Å². The first-order valence-electron chi connectivity index (χ1n) is 4.12. The molecule has 0 aliphatic carbocycles. The lowest BCUT2D eigenvalue weighted by atomic mass is 9.88. The van der Waals surface area contributed by atoms with E-state index < -0.39 is 35.6 Å². The van der Waals surface area contributed by atoms with Crippen LogP contribution >= 0.6 is 0 Å². The lowest BCUT2D eigenvalue weighted by molar-refractivity contribution is -0.273. The third-order valence-corrected chi connectivity index (χ3v) is 2.66. The number of ketones is 1. The number of carboxylic acids is 1. The molecule has 15 heavy (non-hydrogen) atoms. The maximum atomic E-state index is 12.5. The molecule has 1 fully saturated rings. The SMILES string of the molecule is CC1C(=O)C(C(=O)O)OC1(C)C(F)(F)F. The minimum atomic E-state index is -4.77. The molecule has 0 aromatic rings. The summed E-state index contributed by atoms with van der Waals surface area (Å²) in [6.07, 6.45) is -6.79. The molecule has 1 saturated heterocycles. The van der Waals surface area contributed by atoms with Crippen LogP contribution in [-0.4, -0.2) is 34.7 Å². The van der Waals surface area contributed by atoms with E-state index in [1.165, 1.54) is 0 Å². The number of aliphatic carboxylic acids is 1. The number of hydrogen-bond donors (Lipinski definition) is 1. The molecule has 0 aromatic carbocycles. The van der Waals surface area contributed by atoms with Crippen LogP contribution in [0.2, 0.25) is 0 Å². The van der Waals surface area contributed by atoms with Gasteiger partial charge in [-0.05, 0) is 6.92 Å². The summed E-state index contributed by atoms with van der Waals surface area (Å²) in [7, 11) is 0. The molecule has 1 N–H and O–H groups in total. The predicted octanol–water partition coefficient (Wildman–Crippen LogP) is 0.996. The number of halogens is 3. The molecule has 0 spiro atoms. The Kier molecular flexibility index (Phi) is 2.55. The predicted molar refractivity (Wildman–Crippen MR) is 41.1 cm³/mol. The second kappa shape index (κ2) is 3.19. The van der Waals surface area contributed by atoms with Gasteiger partial charge in [0, 0.05) is 0 Å². The van der Waals surface area contributed by atoms with Gasteiger partial charge in [0.05, 0.1) is 5.92 Å². The smallest absolute Gasteiger partial charge is 0.417 e. The highest BCUT2D eigenvalue weighted by atomic mass is 19.4. The highest BCUT2D eigenvalue weighted by Crippen LogP contribution is 2.45. The van der Waals surface area contributed by atoms with Crippen LogP contribution in [0.4, 0.5) is 13.2 Å². The number of carboxylic acid groups (broad SMARTS) is 1. The van der Waals surface area contributed by atoms with Crippen LogP contribution in [0, 0.1) is 5.92 Å². The van der Waals surface area contributed by atoms with Crippen molar-refractivity contribution in [1.29, 1.82) is 0 Å². The third kappa shape index (κ3) is 1.60. The first kappa shape index (κ1) is 12.0. The molecule has 1 aliphatic heterocycles. The standard InChI is InChI=1S/C8H9F3O4/c1-3-4(12)5(6(13)14)15-7(3,2)8(9,10)11/h3,5H,1-2H3,(H,13,14). The van der Waals surface area contributed by atoms with Crippen LogP contribution in [0.15, 0.2) is 0 Å². The van der Waals surface area contributed by atoms with Crippen molar-refractivity contribution in [2.75, 3.05) is 0 Å². The van der Waals surface area contributed by atoms with Crippen molar-refractivity contribution in [3.8, 4) is 0 Å². The fourth-order valence-electron chi connectivity index (χ4n) is 1.39. The van der Waals surface area contributed by atoms with Crippen LogP contribution in [0.3, 0.4) is 0 Å². The van der Waals surface area contributed by atoms with Gasteiger partial charge in [0.1, 0.15) is 0 Å². The molecule has 1 aliphatic rings. The fraction of sp³-hybridized carbons (Fsp3) is 0.750. The number of hydrogen-bond acceptors (Lipinski definition) is 3. The number of ether oxygens (including phenoxy) is 1. The zero-order valence-corrected chi connectivity index (χ0v) is 7.96. The molecule has 0 saturated carbocycles. The zero-order valence-electron chi connectivity index (χ0n) is 7.96. The van der Waals surface area contributed by atoms with E-state index in [-0.39, 0.29) is 0 Å². The van der Waals surface area contributed by atoms with Gasteiger partial charge in [-0.25, -0.2) is 4.79 Å². The first-order valence-corrected chi connectivity index (χ1v) is 4.12. The normalized spacial score (nSPS) is 37.0. The molecular formula is C8H9F3O4. The summed E-state index contributed by atoms with van der Waals surface area (Å²) in [6.45, 7) is 1.69. The van der Waals surface area contributed by atoms with Gasteiger partial charge in [-0.1, -0.05) is 6.92 Å². The molecule has 7 heteroatoms. The average Bonchev–Trinajstić information content (AvgIpc) is 2.29. The van der Waals surface area contributed by atoms with Crippen molar-refractivity contribution in [3.63, 3.8) is 0 Å². The van der Waals surface area contributed by atoms with E-state index in [0.29, 0.717) is 6.92 Å². The number of carbonyl (C=O) groups is 2. The van der Waals surface area contributed by atoms with Crippen molar-refractivity contribution in [2.45, 2.75) is 31.7 Å². The molecule has 0 radical (unpaired) electrons.